The van der Waals surface area contributed by atoms with Crippen LogP contribution >= 0.6 is 23.2 Å². The van der Waals surface area contributed by atoms with E-state index in [0.717, 1.165) is 11.1 Å². The van der Waals surface area contributed by atoms with E-state index >= 15 is 0 Å². The Hall–Kier alpha value is -1.85. The summed E-state index contributed by atoms with van der Waals surface area (Å²) in [7, 11) is 0. The molecule has 0 radical (unpaired) electrons. The smallest absolute Gasteiger partial charge is 0.269 e. The summed E-state index contributed by atoms with van der Waals surface area (Å²) >= 11 is 11.8. The number of nitro groups is 1. The van der Waals surface area contributed by atoms with Crippen LogP contribution in [0.4, 0.5) is 11.4 Å². The van der Waals surface area contributed by atoms with E-state index in [1.807, 2.05) is 6.92 Å². The fourth-order valence-corrected chi connectivity index (χ4v) is 2.38. The number of nitrogens with zero attached hydrogens (tertiary/aromatic N) is 2. The Kier molecular flexibility index (Phi) is 4.42. The van der Waals surface area contributed by atoms with E-state index in [4.69, 9.17) is 23.2 Å². The van der Waals surface area contributed by atoms with Crippen molar-refractivity contribution in [1.82, 2.24) is 4.98 Å². The third-order valence-electron chi connectivity index (χ3n) is 2.73. The number of non-ortho nitro benzene ring substituents is 1. The van der Waals surface area contributed by atoms with Crippen LogP contribution in [0.3, 0.4) is 0 Å². The average molecular weight is 312 g/mol. The normalized spacial score (nSPS) is 10.3. The molecule has 0 aliphatic rings. The number of benzene rings is 1. The number of rotatable bonds is 4. The van der Waals surface area contributed by atoms with Gasteiger partial charge in [0.2, 0.25) is 0 Å². The minimum Gasteiger partial charge on any atom is -0.378 e. The molecule has 0 saturated heterocycles. The highest BCUT2D eigenvalue weighted by Gasteiger charge is 2.09. The van der Waals surface area contributed by atoms with Crippen molar-refractivity contribution in [3.8, 4) is 0 Å². The Balaban J connectivity index is 2.17. The summed E-state index contributed by atoms with van der Waals surface area (Å²) in [6.07, 6.45) is 0. The van der Waals surface area contributed by atoms with Crippen molar-refractivity contribution in [3.63, 3.8) is 0 Å². The maximum absolute atomic E-state index is 10.7. The third-order valence-corrected chi connectivity index (χ3v) is 3.20. The minimum atomic E-state index is -0.425. The Labute approximate surface area is 125 Å². The van der Waals surface area contributed by atoms with Crippen LogP contribution in [-0.4, -0.2) is 9.91 Å². The van der Waals surface area contributed by atoms with Crippen LogP contribution in [0, 0.1) is 17.0 Å². The zero-order valence-corrected chi connectivity index (χ0v) is 12.1. The highest BCUT2D eigenvalue weighted by Crippen LogP contribution is 2.27. The summed E-state index contributed by atoms with van der Waals surface area (Å²) < 4.78 is 0. The van der Waals surface area contributed by atoms with Gasteiger partial charge in [0.15, 0.2) is 5.15 Å². The van der Waals surface area contributed by atoms with Gasteiger partial charge in [-0.25, -0.2) is 4.98 Å². The maximum atomic E-state index is 10.7. The first-order chi connectivity index (χ1) is 9.47. The van der Waals surface area contributed by atoms with Crippen LogP contribution in [0.2, 0.25) is 10.3 Å². The van der Waals surface area contributed by atoms with E-state index < -0.39 is 4.92 Å². The summed E-state index contributed by atoms with van der Waals surface area (Å²) in [5.41, 5.74) is 2.37. The lowest BCUT2D eigenvalue weighted by atomic mass is 10.2. The number of nitro benzene ring substituents is 1. The molecule has 0 amide bonds. The van der Waals surface area contributed by atoms with E-state index in [-0.39, 0.29) is 10.8 Å². The first kappa shape index (κ1) is 14.6. The molecule has 0 spiro atoms. The Morgan fingerprint density at radius 2 is 2.10 bits per heavy atom. The molecule has 1 aromatic heterocycles. The molecule has 0 atom stereocenters. The molecule has 0 aliphatic carbocycles. The van der Waals surface area contributed by atoms with Gasteiger partial charge < -0.3 is 5.32 Å². The second kappa shape index (κ2) is 6.07. The monoisotopic (exact) mass is 311 g/mol. The number of nitrogens with one attached hydrogen (secondary N) is 1. The van der Waals surface area contributed by atoms with Crippen molar-refractivity contribution < 1.29 is 4.92 Å². The van der Waals surface area contributed by atoms with Crippen molar-refractivity contribution in [1.29, 1.82) is 0 Å². The molecule has 0 aliphatic heterocycles. The standard InChI is InChI=1S/C13H11Cl2N3O2/c1-8-5-11(14)17-13(15)12(8)16-7-9-3-2-4-10(6-9)18(19)20/h2-6,16H,7H2,1H3. The summed E-state index contributed by atoms with van der Waals surface area (Å²) in [5, 5.41) is 14.4. The van der Waals surface area contributed by atoms with Crippen LogP contribution in [0.15, 0.2) is 30.3 Å². The molecule has 104 valence electrons. The molecule has 0 fully saturated rings. The first-order valence-electron chi connectivity index (χ1n) is 5.77. The van der Waals surface area contributed by atoms with Gasteiger partial charge in [-0.3, -0.25) is 10.1 Å². The Bertz CT molecular complexity index is 639. The van der Waals surface area contributed by atoms with Crippen molar-refractivity contribution in [3.05, 3.63) is 61.9 Å². The Morgan fingerprint density at radius 3 is 2.75 bits per heavy atom. The summed E-state index contributed by atoms with van der Waals surface area (Å²) in [5.74, 6) is 0. The lowest BCUT2D eigenvalue weighted by Crippen LogP contribution is -2.03. The van der Waals surface area contributed by atoms with Crippen molar-refractivity contribution in [2.75, 3.05) is 5.32 Å². The van der Waals surface area contributed by atoms with Crippen molar-refractivity contribution in [2.45, 2.75) is 13.5 Å². The lowest BCUT2D eigenvalue weighted by Gasteiger charge is -2.11. The highest BCUT2D eigenvalue weighted by atomic mass is 35.5. The number of aromatic nitrogens is 1. The fourth-order valence-electron chi connectivity index (χ4n) is 1.78. The van der Waals surface area contributed by atoms with Gasteiger partial charge in [-0.1, -0.05) is 35.3 Å². The number of halogens is 2. The number of anilines is 1. The Morgan fingerprint density at radius 1 is 1.35 bits per heavy atom. The van der Waals surface area contributed by atoms with Crippen LogP contribution < -0.4 is 5.32 Å². The number of hydrogen-bond donors (Lipinski definition) is 1. The maximum Gasteiger partial charge on any atom is 0.269 e. The molecule has 2 aromatic rings. The van der Waals surface area contributed by atoms with E-state index in [0.29, 0.717) is 17.4 Å². The molecule has 20 heavy (non-hydrogen) atoms. The summed E-state index contributed by atoms with van der Waals surface area (Å²) in [4.78, 5) is 14.2. The molecular weight excluding hydrogens is 301 g/mol. The van der Waals surface area contributed by atoms with Gasteiger partial charge in [-0.15, -0.1) is 0 Å². The second-order valence-corrected chi connectivity index (χ2v) is 4.95. The molecule has 0 unspecified atom stereocenters. The van der Waals surface area contributed by atoms with Gasteiger partial charge in [-0.2, -0.15) is 0 Å². The predicted molar refractivity (Wildman–Crippen MR) is 79.4 cm³/mol. The zero-order chi connectivity index (χ0) is 14.7. The molecule has 0 saturated carbocycles. The van der Waals surface area contributed by atoms with E-state index in [1.54, 1.807) is 18.2 Å². The predicted octanol–water partition coefficient (Wildman–Crippen LogP) is 4.22. The van der Waals surface area contributed by atoms with E-state index in [2.05, 4.69) is 10.3 Å². The summed E-state index contributed by atoms with van der Waals surface area (Å²) in [6, 6.07) is 8.10. The number of pyridine rings is 1. The molecule has 0 bridgehead atoms. The molecule has 2 rings (SSSR count). The number of hydrogen-bond acceptors (Lipinski definition) is 4. The largest absolute Gasteiger partial charge is 0.378 e. The molecule has 1 heterocycles. The molecule has 1 N–H and O–H groups in total. The first-order valence-corrected chi connectivity index (χ1v) is 6.53. The zero-order valence-electron chi connectivity index (χ0n) is 10.6. The number of aryl methyl sites for hydroxylation is 1. The van der Waals surface area contributed by atoms with Gasteiger partial charge in [0.25, 0.3) is 5.69 Å². The molecule has 7 heteroatoms. The SMILES string of the molecule is Cc1cc(Cl)nc(Cl)c1NCc1cccc([N+](=O)[O-])c1. The quantitative estimate of drug-likeness (QED) is 0.521. The van der Waals surface area contributed by atoms with E-state index in [1.165, 1.54) is 12.1 Å². The van der Waals surface area contributed by atoms with Crippen LogP contribution in [0.5, 0.6) is 0 Å². The van der Waals surface area contributed by atoms with Crippen LogP contribution in [0.25, 0.3) is 0 Å². The minimum absolute atomic E-state index is 0.0568. The summed E-state index contributed by atoms with van der Waals surface area (Å²) in [6.45, 7) is 2.26. The van der Waals surface area contributed by atoms with Crippen LogP contribution in [-0.2, 0) is 6.54 Å². The van der Waals surface area contributed by atoms with Gasteiger partial charge in [0, 0.05) is 18.7 Å². The molecular formula is C13H11Cl2N3O2. The second-order valence-electron chi connectivity index (χ2n) is 4.21. The molecule has 1 aromatic carbocycles. The van der Waals surface area contributed by atoms with Gasteiger partial charge in [0.05, 0.1) is 10.6 Å². The van der Waals surface area contributed by atoms with E-state index in [9.17, 15) is 10.1 Å². The van der Waals surface area contributed by atoms with Crippen molar-refractivity contribution >= 4 is 34.6 Å². The fraction of sp³-hybridized carbons (Fsp3) is 0.154. The van der Waals surface area contributed by atoms with Gasteiger partial charge in [-0.05, 0) is 24.1 Å². The van der Waals surface area contributed by atoms with Gasteiger partial charge >= 0.3 is 0 Å². The lowest BCUT2D eigenvalue weighted by molar-refractivity contribution is -0.384. The van der Waals surface area contributed by atoms with Crippen molar-refractivity contribution in [2.24, 2.45) is 0 Å². The third kappa shape index (κ3) is 3.37. The van der Waals surface area contributed by atoms with Gasteiger partial charge in [0.1, 0.15) is 5.15 Å². The average Bonchev–Trinajstić information content (AvgIpc) is 2.37. The topological polar surface area (TPSA) is 68.1 Å². The molecule has 5 nitrogen and oxygen atoms in total. The van der Waals surface area contributed by atoms with Crippen LogP contribution in [0.1, 0.15) is 11.1 Å². The highest BCUT2D eigenvalue weighted by molar-refractivity contribution is 6.34.